The molecule has 0 saturated carbocycles. The summed E-state index contributed by atoms with van der Waals surface area (Å²) in [5, 5.41) is 8.89. The lowest BCUT2D eigenvalue weighted by atomic mass is 10.0. The van der Waals surface area contributed by atoms with Crippen LogP contribution in [0.15, 0.2) is 53.3 Å². The number of hydrogen-bond donors (Lipinski definition) is 0. The molecule has 4 rings (SSSR count). The van der Waals surface area contributed by atoms with Gasteiger partial charge in [-0.15, -0.1) is 5.10 Å². The van der Waals surface area contributed by atoms with Gasteiger partial charge in [0.25, 0.3) is 5.56 Å². The minimum absolute atomic E-state index is 0.0166. The molecule has 0 spiro atoms. The van der Waals surface area contributed by atoms with E-state index >= 15 is 0 Å². The van der Waals surface area contributed by atoms with Crippen LogP contribution >= 0.6 is 0 Å². The summed E-state index contributed by atoms with van der Waals surface area (Å²) in [4.78, 5) is 27.2. The quantitative estimate of drug-likeness (QED) is 0.718. The summed E-state index contributed by atoms with van der Waals surface area (Å²) < 4.78 is 1.49. The number of piperidine rings is 1. The zero-order chi connectivity index (χ0) is 18.8. The van der Waals surface area contributed by atoms with Crippen LogP contribution in [-0.4, -0.2) is 38.9 Å². The summed E-state index contributed by atoms with van der Waals surface area (Å²) in [5.41, 5.74) is 2.72. The minimum Gasteiger partial charge on any atom is -0.342 e. The maximum atomic E-state index is 12.7. The second-order valence-electron chi connectivity index (χ2n) is 7.07. The van der Waals surface area contributed by atoms with E-state index in [1.54, 1.807) is 12.1 Å². The summed E-state index contributed by atoms with van der Waals surface area (Å²) >= 11 is 0. The molecule has 1 aliphatic rings. The first-order valence-electron chi connectivity index (χ1n) is 9.30. The van der Waals surface area contributed by atoms with Gasteiger partial charge in [-0.2, -0.15) is 0 Å². The van der Waals surface area contributed by atoms with Gasteiger partial charge in [0.15, 0.2) is 0 Å². The van der Waals surface area contributed by atoms with Crippen LogP contribution in [0.5, 0.6) is 0 Å². The highest BCUT2D eigenvalue weighted by atomic mass is 16.2. The number of hydrogen-bond acceptors (Lipinski definition) is 4. The fourth-order valence-electron chi connectivity index (χ4n) is 3.68. The van der Waals surface area contributed by atoms with Gasteiger partial charge in [-0.3, -0.25) is 9.59 Å². The Hall–Kier alpha value is -3.02. The van der Waals surface area contributed by atoms with Gasteiger partial charge in [0, 0.05) is 13.1 Å². The molecule has 0 aliphatic carbocycles. The third-order valence-corrected chi connectivity index (χ3v) is 5.36. The molecule has 1 saturated heterocycles. The zero-order valence-electron chi connectivity index (χ0n) is 15.3. The van der Waals surface area contributed by atoms with Crippen molar-refractivity contribution in [2.24, 2.45) is 0 Å². The number of likely N-dealkylation sites (tertiary alicyclic amines) is 1. The minimum atomic E-state index is -0.106. The summed E-state index contributed by atoms with van der Waals surface area (Å²) in [5.74, 6) is 0.139. The molecular formula is C21H22N4O2. The fourth-order valence-corrected chi connectivity index (χ4v) is 3.68. The lowest BCUT2D eigenvalue weighted by Crippen LogP contribution is -2.42. The summed E-state index contributed by atoms with van der Waals surface area (Å²) in [6.07, 6.45) is 1.85. The molecule has 6 nitrogen and oxygen atoms in total. The molecule has 0 N–H and O–H groups in total. The van der Waals surface area contributed by atoms with Crippen molar-refractivity contribution in [2.45, 2.75) is 32.2 Å². The van der Waals surface area contributed by atoms with Crippen LogP contribution in [0.3, 0.4) is 0 Å². The summed E-state index contributed by atoms with van der Waals surface area (Å²) in [7, 11) is 0. The molecule has 2 aromatic carbocycles. The van der Waals surface area contributed by atoms with Gasteiger partial charge >= 0.3 is 0 Å². The fraction of sp³-hybridized carbons (Fsp3) is 0.333. The molecule has 2 heterocycles. The van der Waals surface area contributed by atoms with Crippen LogP contribution < -0.4 is 5.56 Å². The Bertz CT molecular complexity index is 1040. The Morgan fingerprint density at radius 3 is 2.56 bits per heavy atom. The first-order valence-corrected chi connectivity index (χ1v) is 9.30. The van der Waals surface area contributed by atoms with Crippen LogP contribution in [0, 0.1) is 6.92 Å². The van der Waals surface area contributed by atoms with Crippen LogP contribution in [0.2, 0.25) is 0 Å². The Balaban J connectivity index is 1.45. The van der Waals surface area contributed by atoms with Crippen molar-refractivity contribution >= 4 is 16.8 Å². The van der Waals surface area contributed by atoms with Crippen molar-refractivity contribution in [1.82, 2.24) is 19.9 Å². The number of aryl methyl sites for hydroxylation is 1. The van der Waals surface area contributed by atoms with Crippen molar-refractivity contribution in [1.29, 1.82) is 0 Å². The van der Waals surface area contributed by atoms with Crippen molar-refractivity contribution in [3.63, 3.8) is 0 Å². The molecule has 1 aliphatic heterocycles. The summed E-state index contributed by atoms with van der Waals surface area (Å²) in [6, 6.07) is 15.2. The molecule has 1 aromatic heterocycles. The van der Waals surface area contributed by atoms with Crippen molar-refractivity contribution < 1.29 is 4.79 Å². The number of carbonyl (C=O) groups is 1. The van der Waals surface area contributed by atoms with Gasteiger partial charge in [0.05, 0.1) is 17.8 Å². The lowest BCUT2D eigenvalue weighted by Gasteiger charge is -2.32. The Labute approximate surface area is 157 Å². The van der Waals surface area contributed by atoms with Gasteiger partial charge in [-0.25, -0.2) is 4.68 Å². The molecular weight excluding hydrogens is 340 g/mol. The van der Waals surface area contributed by atoms with E-state index in [2.05, 4.69) is 10.3 Å². The maximum Gasteiger partial charge on any atom is 0.277 e. The highest BCUT2D eigenvalue weighted by Crippen LogP contribution is 2.21. The second-order valence-corrected chi connectivity index (χ2v) is 7.07. The van der Waals surface area contributed by atoms with Gasteiger partial charge in [0.1, 0.15) is 5.52 Å². The highest BCUT2D eigenvalue weighted by Gasteiger charge is 2.26. The van der Waals surface area contributed by atoms with Crippen LogP contribution in [0.25, 0.3) is 10.9 Å². The average Bonchev–Trinajstić information content (AvgIpc) is 2.70. The summed E-state index contributed by atoms with van der Waals surface area (Å²) in [6.45, 7) is 3.30. The Morgan fingerprint density at radius 2 is 1.78 bits per heavy atom. The molecule has 27 heavy (non-hydrogen) atoms. The molecule has 0 bridgehead atoms. The first-order chi connectivity index (χ1) is 13.1. The first kappa shape index (κ1) is 17.4. The van der Waals surface area contributed by atoms with Crippen molar-refractivity contribution in [3.8, 4) is 0 Å². The Morgan fingerprint density at radius 1 is 1.07 bits per heavy atom. The van der Waals surface area contributed by atoms with E-state index in [-0.39, 0.29) is 17.5 Å². The molecule has 0 radical (unpaired) electrons. The van der Waals surface area contributed by atoms with Gasteiger partial charge in [-0.05, 0) is 43.0 Å². The molecule has 1 fully saturated rings. The number of amides is 1. The second kappa shape index (κ2) is 7.31. The topological polar surface area (TPSA) is 68.1 Å². The SMILES string of the molecule is Cc1ccccc1CC(=O)N1CCC(n2nnc3ccccc3c2=O)CC1. The molecule has 1 amide bonds. The predicted octanol–water partition coefficient (Wildman–Crippen LogP) is 2.51. The molecule has 0 atom stereocenters. The maximum absolute atomic E-state index is 12.7. The largest absolute Gasteiger partial charge is 0.342 e. The van der Waals surface area contributed by atoms with Gasteiger partial charge < -0.3 is 4.90 Å². The van der Waals surface area contributed by atoms with E-state index in [1.165, 1.54) is 4.68 Å². The van der Waals surface area contributed by atoms with Crippen molar-refractivity contribution in [2.75, 3.05) is 13.1 Å². The number of nitrogens with zero attached hydrogens (tertiary/aromatic N) is 4. The van der Waals surface area contributed by atoms with E-state index in [4.69, 9.17) is 0 Å². The predicted molar refractivity (Wildman–Crippen MR) is 104 cm³/mol. The van der Waals surface area contributed by atoms with Gasteiger partial charge in [0.2, 0.25) is 5.91 Å². The van der Waals surface area contributed by atoms with Crippen molar-refractivity contribution in [3.05, 3.63) is 70.0 Å². The standard InChI is InChI=1S/C21H22N4O2/c1-15-6-2-3-7-16(15)14-20(26)24-12-10-17(11-13-24)25-21(27)18-8-4-5-9-19(18)22-23-25/h2-9,17H,10-14H2,1H3. The third-order valence-electron chi connectivity index (χ3n) is 5.36. The number of rotatable bonds is 3. The monoisotopic (exact) mass is 362 g/mol. The number of fused-ring (bicyclic) bond motifs is 1. The molecule has 138 valence electrons. The normalized spacial score (nSPS) is 15.2. The third kappa shape index (κ3) is 3.47. The average molecular weight is 362 g/mol. The highest BCUT2D eigenvalue weighted by molar-refractivity contribution is 5.79. The van der Waals surface area contributed by atoms with Crippen LogP contribution in [0.4, 0.5) is 0 Å². The zero-order valence-corrected chi connectivity index (χ0v) is 15.3. The lowest BCUT2D eigenvalue weighted by molar-refractivity contribution is -0.131. The van der Waals surface area contributed by atoms with E-state index in [9.17, 15) is 9.59 Å². The van der Waals surface area contributed by atoms with Crippen LogP contribution in [-0.2, 0) is 11.2 Å². The van der Waals surface area contributed by atoms with Gasteiger partial charge in [-0.1, -0.05) is 41.6 Å². The molecule has 0 unspecified atom stereocenters. The molecule has 3 aromatic rings. The number of benzene rings is 2. The number of carbonyl (C=O) groups excluding carboxylic acids is 1. The number of aromatic nitrogens is 3. The van der Waals surface area contributed by atoms with E-state index in [0.29, 0.717) is 43.3 Å². The molecule has 6 heteroatoms. The van der Waals surface area contributed by atoms with E-state index < -0.39 is 0 Å². The van der Waals surface area contributed by atoms with E-state index in [0.717, 1.165) is 11.1 Å². The van der Waals surface area contributed by atoms with E-state index in [1.807, 2.05) is 48.2 Å². The van der Waals surface area contributed by atoms with Crippen LogP contribution in [0.1, 0.15) is 30.0 Å². The smallest absolute Gasteiger partial charge is 0.277 e. The Kier molecular flexibility index (Phi) is 4.71.